The summed E-state index contributed by atoms with van der Waals surface area (Å²) < 4.78 is 2.48. The molecule has 1 aliphatic rings. The molecule has 352 valence electrons. The van der Waals surface area contributed by atoms with Crippen LogP contribution >= 0.6 is 0 Å². The van der Waals surface area contributed by atoms with E-state index in [1.165, 1.54) is 88.6 Å². The summed E-state index contributed by atoms with van der Waals surface area (Å²) in [6.07, 6.45) is 0. The fourth-order valence-electron chi connectivity index (χ4n) is 12.1. The minimum atomic E-state index is -0.491. The van der Waals surface area contributed by atoms with Crippen LogP contribution < -0.4 is 4.90 Å². The molecule has 0 saturated carbocycles. The maximum atomic E-state index is 2.48. The molecule has 0 saturated heterocycles. The quantitative estimate of drug-likeness (QED) is 0.133. The lowest BCUT2D eigenvalue weighted by atomic mass is 9.67. The predicted molar refractivity (Wildman–Crippen MR) is 315 cm³/mol. The number of para-hydroxylation sites is 2. The molecule has 0 radical (unpaired) electrons. The topological polar surface area (TPSA) is 8.17 Å². The average Bonchev–Trinajstić information content (AvgIpc) is 4.00. The first-order valence-electron chi connectivity index (χ1n) is 25.9. The lowest BCUT2D eigenvalue weighted by Crippen LogP contribution is -2.28. The third-order valence-electron chi connectivity index (χ3n) is 15.5. The molecule has 13 aromatic rings. The Hall–Kier alpha value is -9.76. The number of rotatable bonds is 10. The van der Waals surface area contributed by atoms with Gasteiger partial charge in [-0.2, -0.15) is 0 Å². The van der Waals surface area contributed by atoms with Gasteiger partial charge >= 0.3 is 0 Å². The van der Waals surface area contributed by atoms with Crippen molar-refractivity contribution in [2.75, 3.05) is 4.90 Å². The molecule has 75 heavy (non-hydrogen) atoms. The van der Waals surface area contributed by atoms with Gasteiger partial charge < -0.3 is 9.47 Å². The Morgan fingerprint density at radius 2 is 0.747 bits per heavy atom. The van der Waals surface area contributed by atoms with Gasteiger partial charge in [-0.05, 0) is 139 Å². The van der Waals surface area contributed by atoms with Gasteiger partial charge in [-0.25, -0.2) is 0 Å². The summed E-state index contributed by atoms with van der Waals surface area (Å²) in [5, 5.41) is 2.47. The zero-order valence-electron chi connectivity index (χ0n) is 41.3. The van der Waals surface area contributed by atoms with Crippen LogP contribution in [0.5, 0.6) is 0 Å². The molecular formula is C73H50N2. The van der Waals surface area contributed by atoms with Crippen molar-refractivity contribution in [2.24, 2.45) is 0 Å². The summed E-state index contributed by atoms with van der Waals surface area (Å²) >= 11 is 0. The Morgan fingerprint density at radius 3 is 1.44 bits per heavy atom. The maximum absolute atomic E-state index is 2.48. The van der Waals surface area contributed by atoms with Gasteiger partial charge in [0.1, 0.15) is 0 Å². The number of anilines is 3. The largest absolute Gasteiger partial charge is 0.310 e. The second kappa shape index (κ2) is 18.4. The fraction of sp³-hybridized carbons (Fsp3) is 0.0137. The molecule has 0 fully saturated rings. The molecule has 0 bridgehead atoms. The summed E-state index contributed by atoms with van der Waals surface area (Å²) in [5.74, 6) is 0. The van der Waals surface area contributed by atoms with Crippen LogP contribution in [0.15, 0.2) is 303 Å². The van der Waals surface area contributed by atoms with Crippen molar-refractivity contribution in [3.63, 3.8) is 0 Å². The van der Waals surface area contributed by atoms with Gasteiger partial charge in [-0.15, -0.1) is 0 Å². The van der Waals surface area contributed by atoms with Gasteiger partial charge in [-0.3, -0.25) is 0 Å². The number of benzene rings is 12. The van der Waals surface area contributed by atoms with Gasteiger partial charge in [0, 0.05) is 33.5 Å². The zero-order valence-corrected chi connectivity index (χ0v) is 41.3. The van der Waals surface area contributed by atoms with Crippen molar-refractivity contribution in [2.45, 2.75) is 5.41 Å². The van der Waals surface area contributed by atoms with Crippen molar-refractivity contribution in [3.8, 4) is 61.3 Å². The molecule has 2 nitrogen and oxygen atoms in total. The summed E-state index contributed by atoms with van der Waals surface area (Å²) in [4.78, 5) is 2.37. The molecule has 1 heterocycles. The first-order chi connectivity index (χ1) is 37.2. The summed E-state index contributed by atoms with van der Waals surface area (Å²) in [6, 6.07) is 111. The molecule has 12 aromatic carbocycles. The molecular weight excluding hydrogens is 905 g/mol. The molecule has 1 aliphatic carbocycles. The SMILES string of the molecule is c1ccc(-c2ccc(N(c3ccccc3)c3cccc(-c4ccc(-c5ccc6c7ccccc7n(-c7ccc8c(c7)C(c7ccccc7)(c7ccccc7)c7ccccc7-8)c6c5)cc4)c3)cc2-c2ccccc2)cc1. The van der Waals surface area contributed by atoms with Crippen molar-refractivity contribution in [1.82, 2.24) is 4.57 Å². The third-order valence-corrected chi connectivity index (χ3v) is 15.5. The first kappa shape index (κ1) is 44.0. The van der Waals surface area contributed by atoms with Crippen LogP contribution in [0.4, 0.5) is 17.1 Å². The van der Waals surface area contributed by atoms with Crippen molar-refractivity contribution >= 4 is 38.9 Å². The Balaban J connectivity index is 0.853. The van der Waals surface area contributed by atoms with Crippen molar-refractivity contribution in [3.05, 3.63) is 326 Å². The number of hydrogen-bond donors (Lipinski definition) is 0. The highest BCUT2D eigenvalue weighted by atomic mass is 15.1. The van der Waals surface area contributed by atoms with E-state index in [-0.39, 0.29) is 0 Å². The minimum absolute atomic E-state index is 0.491. The Kier molecular flexibility index (Phi) is 10.8. The molecule has 0 atom stereocenters. The standard InChI is InChI=1S/C73H50N2/c1-6-21-53(22-7-1)63-45-42-61(49-68(63)54-23-8-2-9-24-54)74(59-30-14-5-15-31-59)60-32-20-25-55(47-60)51-37-39-52(40-38-51)56-41-44-67-66-34-17-19-36-71(66)75(72(67)48-56)62-43-46-65-64-33-16-18-35-69(64)73(70(65)50-62,57-26-10-3-11-27-57)58-28-12-4-13-29-58/h1-50H. The van der Waals surface area contributed by atoms with Crippen LogP contribution in [0.25, 0.3) is 83.1 Å². The van der Waals surface area contributed by atoms with E-state index in [2.05, 4.69) is 313 Å². The highest BCUT2D eigenvalue weighted by Crippen LogP contribution is 2.57. The molecule has 0 aliphatic heterocycles. The third kappa shape index (κ3) is 7.41. The van der Waals surface area contributed by atoms with Crippen LogP contribution in [-0.4, -0.2) is 4.57 Å². The molecule has 0 amide bonds. The van der Waals surface area contributed by atoms with E-state index in [1.807, 2.05) is 0 Å². The Morgan fingerprint density at radius 1 is 0.253 bits per heavy atom. The Labute approximate surface area is 438 Å². The monoisotopic (exact) mass is 954 g/mol. The smallest absolute Gasteiger partial charge is 0.0714 e. The highest BCUT2D eigenvalue weighted by Gasteiger charge is 2.46. The van der Waals surface area contributed by atoms with E-state index in [0.717, 1.165) is 33.9 Å². The van der Waals surface area contributed by atoms with E-state index in [1.54, 1.807) is 0 Å². The zero-order chi connectivity index (χ0) is 49.7. The van der Waals surface area contributed by atoms with Gasteiger partial charge in [-0.1, -0.05) is 243 Å². The highest BCUT2D eigenvalue weighted by molar-refractivity contribution is 6.10. The lowest BCUT2D eigenvalue weighted by Gasteiger charge is -2.34. The minimum Gasteiger partial charge on any atom is -0.310 e. The van der Waals surface area contributed by atoms with Crippen LogP contribution in [0.3, 0.4) is 0 Å². The lowest BCUT2D eigenvalue weighted by molar-refractivity contribution is 0.767. The van der Waals surface area contributed by atoms with Crippen molar-refractivity contribution < 1.29 is 0 Å². The predicted octanol–water partition coefficient (Wildman–Crippen LogP) is 19.3. The van der Waals surface area contributed by atoms with Gasteiger partial charge in [0.15, 0.2) is 0 Å². The second-order valence-corrected chi connectivity index (χ2v) is 19.6. The van der Waals surface area contributed by atoms with Gasteiger partial charge in [0.2, 0.25) is 0 Å². The van der Waals surface area contributed by atoms with E-state index in [0.29, 0.717) is 0 Å². The molecule has 0 unspecified atom stereocenters. The van der Waals surface area contributed by atoms with Crippen LogP contribution in [0.1, 0.15) is 22.3 Å². The van der Waals surface area contributed by atoms with Crippen LogP contribution in [0.2, 0.25) is 0 Å². The average molecular weight is 955 g/mol. The van der Waals surface area contributed by atoms with Gasteiger partial charge in [0.25, 0.3) is 0 Å². The van der Waals surface area contributed by atoms with E-state index < -0.39 is 5.41 Å². The van der Waals surface area contributed by atoms with Crippen LogP contribution in [-0.2, 0) is 5.41 Å². The van der Waals surface area contributed by atoms with Crippen LogP contribution in [0, 0.1) is 0 Å². The summed E-state index contributed by atoms with van der Waals surface area (Å²) in [6.45, 7) is 0. The molecule has 14 rings (SSSR count). The summed E-state index contributed by atoms with van der Waals surface area (Å²) in [7, 11) is 0. The maximum Gasteiger partial charge on any atom is 0.0714 e. The molecule has 1 aromatic heterocycles. The Bertz CT molecular complexity index is 4160. The van der Waals surface area contributed by atoms with Gasteiger partial charge in [0.05, 0.1) is 16.4 Å². The van der Waals surface area contributed by atoms with E-state index in [4.69, 9.17) is 0 Å². The fourth-order valence-corrected chi connectivity index (χ4v) is 12.1. The first-order valence-corrected chi connectivity index (χ1v) is 25.9. The molecule has 0 N–H and O–H groups in total. The normalized spacial score (nSPS) is 12.4. The number of aromatic nitrogens is 1. The molecule has 2 heteroatoms. The number of fused-ring (bicyclic) bond motifs is 6. The second-order valence-electron chi connectivity index (χ2n) is 19.6. The molecule has 0 spiro atoms. The number of hydrogen-bond acceptors (Lipinski definition) is 1. The van der Waals surface area contributed by atoms with E-state index >= 15 is 0 Å². The number of nitrogens with zero attached hydrogens (tertiary/aromatic N) is 2. The van der Waals surface area contributed by atoms with E-state index in [9.17, 15) is 0 Å². The summed E-state index contributed by atoms with van der Waals surface area (Å²) in [5.41, 5.74) is 23.4. The van der Waals surface area contributed by atoms with Crippen molar-refractivity contribution in [1.29, 1.82) is 0 Å².